The van der Waals surface area contributed by atoms with Gasteiger partial charge in [-0.15, -0.1) is 0 Å². The molecule has 2 aliphatic rings. The van der Waals surface area contributed by atoms with Gasteiger partial charge in [0.2, 0.25) is 5.91 Å². The fraction of sp³-hybridized carbons (Fsp3) is 0.450. The Labute approximate surface area is 152 Å². The Morgan fingerprint density at radius 2 is 2.08 bits per heavy atom. The topological polar surface area (TPSA) is 67.2 Å². The first-order chi connectivity index (χ1) is 12.6. The third kappa shape index (κ3) is 3.36. The summed E-state index contributed by atoms with van der Waals surface area (Å²) in [5, 5.41) is 3.20. The van der Waals surface area contributed by atoms with Crippen molar-refractivity contribution in [2.24, 2.45) is 13.0 Å². The smallest absolute Gasteiger partial charge is 0.293 e. The van der Waals surface area contributed by atoms with E-state index in [0.717, 1.165) is 25.8 Å². The molecule has 1 saturated heterocycles. The Kier molecular flexibility index (Phi) is 4.49. The van der Waals surface area contributed by atoms with E-state index in [-0.39, 0.29) is 23.4 Å². The maximum Gasteiger partial charge on any atom is 0.293 e. The Morgan fingerprint density at radius 1 is 1.27 bits per heavy atom. The van der Waals surface area contributed by atoms with Gasteiger partial charge < -0.3 is 14.8 Å². The average molecular weight is 352 g/mol. The standard InChI is InChI=1S/C20H24N4O2/c1-23-11-9-21-18(20(23)26)24-10-5-8-15(13-24)22-19(25)17-12-16(17)14-6-3-2-4-7-14/h2-4,6-7,9,11,15-17H,5,8,10,12-13H2,1H3,(H,22,25)/t15-,16+,17+/m0/s1. The highest BCUT2D eigenvalue weighted by atomic mass is 16.2. The summed E-state index contributed by atoms with van der Waals surface area (Å²) in [6.07, 6.45) is 6.11. The summed E-state index contributed by atoms with van der Waals surface area (Å²) < 4.78 is 1.54. The van der Waals surface area contributed by atoms with Crippen molar-refractivity contribution in [1.29, 1.82) is 0 Å². The lowest BCUT2D eigenvalue weighted by Crippen LogP contribution is -2.50. The molecule has 4 rings (SSSR count). The van der Waals surface area contributed by atoms with E-state index in [1.807, 2.05) is 23.1 Å². The SMILES string of the molecule is Cn1ccnc(N2CCC[C@H](NC(=O)[C@@H]3C[C@@H]3c3ccccc3)C2)c1=O. The number of aromatic nitrogens is 2. The van der Waals surface area contributed by atoms with E-state index in [4.69, 9.17) is 0 Å². The van der Waals surface area contributed by atoms with Crippen LogP contribution in [0.3, 0.4) is 0 Å². The van der Waals surface area contributed by atoms with Crippen molar-refractivity contribution in [2.75, 3.05) is 18.0 Å². The molecule has 3 atom stereocenters. The number of aryl methyl sites for hydroxylation is 1. The predicted octanol–water partition coefficient (Wildman–Crippen LogP) is 1.67. The molecular weight excluding hydrogens is 328 g/mol. The van der Waals surface area contributed by atoms with Gasteiger partial charge in [0.05, 0.1) is 0 Å². The summed E-state index contributed by atoms with van der Waals surface area (Å²) >= 11 is 0. The minimum absolute atomic E-state index is 0.0694. The van der Waals surface area contributed by atoms with Gasteiger partial charge in [-0.25, -0.2) is 4.98 Å². The molecule has 0 spiro atoms. The van der Waals surface area contributed by atoms with Crippen LogP contribution in [0.2, 0.25) is 0 Å². The second kappa shape index (κ2) is 6.94. The molecule has 1 aliphatic heterocycles. The van der Waals surface area contributed by atoms with Crippen molar-refractivity contribution in [3.05, 3.63) is 58.6 Å². The summed E-state index contributed by atoms with van der Waals surface area (Å²) in [7, 11) is 1.73. The molecule has 6 heteroatoms. The maximum atomic E-state index is 12.6. The number of carbonyl (C=O) groups is 1. The average Bonchev–Trinajstić information content (AvgIpc) is 3.46. The number of amides is 1. The first kappa shape index (κ1) is 16.8. The van der Waals surface area contributed by atoms with Crippen LogP contribution < -0.4 is 15.8 Å². The Balaban J connectivity index is 1.38. The highest BCUT2D eigenvalue weighted by Gasteiger charge is 2.44. The molecule has 1 N–H and O–H groups in total. The minimum atomic E-state index is -0.0918. The summed E-state index contributed by atoms with van der Waals surface area (Å²) in [5.74, 6) is 1.04. The molecule has 2 heterocycles. The largest absolute Gasteiger partial charge is 0.351 e. The Morgan fingerprint density at radius 3 is 2.88 bits per heavy atom. The number of hydrogen-bond donors (Lipinski definition) is 1. The Bertz CT molecular complexity index is 848. The third-order valence-corrected chi connectivity index (χ3v) is 5.42. The monoisotopic (exact) mass is 352 g/mol. The van der Waals surface area contributed by atoms with E-state index in [9.17, 15) is 9.59 Å². The lowest BCUT2D eigenvalue weighted by atomic mass is 10.0. The highest BCUT2D eigenvalue weighted by Crippen LogP contribution is 2.47. The number of carbonyl (C=O) groups excluding carboxylic acids is 1. The number of rotatable bonds is 4. The number of hydrogen-bond acceptors (Lipinski definition) is 4. The summed E-state index contributed by atoms with van der Waals surface area (Å²) in [5.41, 5.74) is 1.15. The molecule has 1 saturated carbocycles. The number of benzene rings is 1. The van der Waals surface area contributed by atoms with Crippen molar-refractivity contribution < 1.29 is 4.79 Å². The van der Waals surface area contributed by atoms with Gasteiger partial charge in [0.25, 0.3) is 5.56 Å². The number of anilines is 1. The summed E-state index contributed by atoms with van der Waals surface area (Å²) in [6, 6.07) is 10.3. The zero-order chi connectivity index (χ0) is 18.1. The zero-order valence-corrected chi connectivity index (χ0v) is 15.0. The molecular formula is C20H24N4O2. The van der Waals surface area contributed by atoms with E-state index in [0.29, 0.717) is 18.3 Å². The first-order valence-corrected chi connectivity index (χ1v) is 9.25. The van der Waals surface area contributed by atoms with Crippen molar-refractivity contribution in [3.63, 3.8) is 0 Å². The van der Waals surface area contributed by atoms with E-state index >= 15 is 0 Å². The van der Waals surface area contributed by atoms with Crippen LogP contribution in [-0.2, 0) is 11.8 Å². The Hall–Kier alpha value is -2.63. The van der Waals surface area contributed by atoms with Crippen LogP contribution in [-0.4, -0.2) is 34.6 Å². The van der Waals surface area contributed by atoms with Gasteiger partial charge in [-0.1, -0.05) is 30.3 Å². The fourth-order valence-electron chi connectivity index (χ4n) is 3.85. The van der Waals surface area contributed by atoms with Crippen LogP contribution in [0.5, 0.6) is 0 Å². The van der Waals surface area contributed by atoms with E-state index in [2.05, 4.69) is 22.4 Å². The van der Waals surface area contributed by atoms with Crippen LogP contribution >= 0.6 is 0 Å². The van der Waals surface area contributed by atoms with Gasteiger partial charge in [0.15, 0.2) is 5.82 Å². The molecule has 136 valence electrons. The number of nitrogens with zero attached hydrogens (tertiary/aromatic N) is 3. The zero-order valence-electron chi connectivity index (χ0n) is 15.0. The van der Waals surface area contributed by atoms with Crippen molar-refractivity contribution in [1.82, 2.24) is 14.9 Å². The van der Waals surface area contributed by atoms with Gasteiger partial charge in [0.1, 0.15) is 0 Å². The maximum absolute atomic E-state index is 12.6. The summed E-state index contributed by atoms with van der Waals surface area (Å²) in [6.45, 7) is 1.44. The van der Waals surface area contributed by atoms with Crippen molar-refractivity contribution >= 4 is 11.7 Å². The molecule has 2 aromatic rings. The number of nitrogens with one attached hydrogen (secondary N) is 1. The second-order valence-electron chi connectivity index (χ2n) is 7.32. The lowest BCUT2D eigenvalue weighted by Gasteiger charge is -2.33. The lowest BCUT2D eigenvalue weighted by molar-refractivity contribution is -0.123. The van der Waals surface area contributed by atoms with Gasteiger partial charge in [-0.2, -0.15) is 0 Å². The van der Waals surface area contributed by atoms with Crippen LogP contribution in [0.25, 0.3) is 0 Å². The predicted molar refractivity (Wildman–Crippen MR) is 100 cm³/mol. The molecule has 0 radical (unpaired) electrons. The quantitative estimate of drug-likeness (QED) is 0.909. The molecule has 1 aromatic carbocycles. The molecule has 26 heavy (non-hydrogen) atoms. The van der Waals surface area contributed by atoms with Gasteiger partial charge >= 0.3 is 0 Å². The molecule has 1 amide bonds. The minimum Gasteiger partial charge on any atom is -0.351 e. The third-order valence-electron chi connectivity index (χ3n) is 5.42. The second-order valence-corrected chi connectivity index (χ2v) is 7.32. The molecule has 1 aromatic heterocycles. The van der Waals surface area contributed by atoms with Crippen LogP contribution in [0.1, 0.15) is 30.7 Å². The van der Waals surface area contributed by atoms with E-state index < -0.39 is 0 Å². The normalized spacial score (nSPS) is 25.0. The van der Waals surface area contributed by atoms with Crippen molar-refractivity contribution in [2.45, 2.75) is 31.2 Å². The molecule has 0 bridgehead atoms. The van der Waals surface area contributed by atoms with Crippen LogP contribution in [0.15, 0.2) is 47.5 Å². The molecule has 6 nitrogen and oxygen atoms in total. The van der Waals surface area contributed by atoms with E-state index in [1.54, 1.807) is 24.0 Å². The number of piperidine rings is 1. The molecule has 1 aliphatic carbocycles. The summed E-state index contributed by atoms with van der Waals surface area (Å²) in [4.78, 5) is 31.2. The molecule has 2 fully saturated rings. The van der Waals surface area contributed by atoms with E-state index in [1.165, 1.54) is 5.56 Å². The van der Waals surface area contributed by atoms with Crippen LogP contribution in [0.4, 0.5) is 5.82 Å². The van der Waals surface area contributed by atoms with Gasteiger partial charge in [-0.3, -0.25) is 9.59 Å². The first-order valence-electron chi connectivity index (χ1n) is 9.25. The van der Waals surface area contributed by atoms with Crippen LogP contribution in [0, 0.1) is 5.92 Å². The highest BCUT2D eigenvalue weighted by molar-refractivity contribution is 5.83. The van der Waals surface area contributed by atoms with Crippen molar-refractivity contribution in [3.8, 4) is 0 Å². The fourth-order valence-corrected chi connectivity index (χ4v) is 3.85. The van der Waals surface area contributed by atoms with Gasteiger partial charge in [0, 0.05) is 44.5 Å². The molecule has 0 unspecified atom stereocenters. The van der Waals surface area contributed by atoms with Gasteiger partial charge in [-0.05, 0) is 30.7 Å².